The van der Waals surface area contributed by atoms with Gasteiger partial charge in [0, 0.05) is 11.1 Å². The van der Waals surface area contributed by atoms with Crippen molar-refractivity contribution in [3.8, 4) is 17.2 Å². The van der Waals surface area contributed by atoms with E-state index in [0.29, 0.717) is 0 Å². The lowest BCUT2D eigenvalue weighted by Gasteiger charge is -2.24. The van der Waals surface area contributed by atoms with Crippen molar-refractivity contribution in [2.75, 3.05) is 14.2 Å². The van der Waals surface area contributed by atoms with Crippen LogP contribution in [0.25, 0.3) is 0 Å². The third kappa shape index (κ3) is 2.09. The van der Waals surface area contributed by atoms with E-state index in [1.165, 1.54) is 32.2 Å². The number of ether oxygens (including phenoxy) is 2. The standard InChI is InChI=1S/C18H14O7/c1-7-10-13(17(24-2)16(22)11(7)18(23)25-3)14(20)8-5-4-6-9(19)12(8)15(10)21/h4-6,19,22H,1-3H3. The summed E-state index contributed by atoms with van der Waals surface area (Å²) in [6.07, 6.45) is 0. The predicted octanol–water partition coefficient (Wildman–Crippen LogP) is 1.98. The van der Waals surface area contributed by atoms with Crippen LogP contribution in [-0.4, -0.2) is 42.0 Å². The lowest BCUT2D eigenvalue weighted by molar-refractivity contribution is 0.0595. The first kappa shape index (κ1) is 16.5. The van der Waals surface area contributed by atoms with Crippen molar-refractivity contribution in [2.24, 2.45) is 0 Å². The van der Waals surface area contributed by atoms with Crippen LogP contribution >= 0.6 is 0 Å². The summed E-state index contributed by atoms with van der Waals surface area (Å²) in [7, 11) is 2.34. The van der Waals surface area contributed by atoms with Crippen LogP contribution in [0, 0.1) is 6.92 Å². The van der Waals surface area contributed by atoms with Crippen molar-refractivity contribution in [3.05, 3.63) is 51.6 Å². The molecule has 7 nitrogen and oxygen atoms in total. The molecule has 2 aromatic carbocycles. The molecular formula is C18H14O7. The molecule has 2 aromatic rings. The van der Waals surface area contributed by atoms with Crippen molar-refractivity contribution in [3.63, 3.8) is 0 Å². The summed E-state index contributed by atoms with van der Waals surface area (Å²) in [5.74, 6) is -3.30. The molecule has 0 amide bonds. The van der Waals surface area contributed by atoms with Gasteiger partial charge in [0.05, 0.1) is 25.3 Å². The average molecular weight is 342 g/mol. The Morgan fingerprint density at radius 3 is 2.28 bits per heavy atom. The van der Waals surface area contributed by atoms with E-state index in [2.05, 4.69) is 4.74 Å². The molecule has 0 fully saturated rings. The summed E-state index contributed by atoms with van der Waals surface area (Å²) in [6.45, 7) is 1.42. The highest BCUT2D eigenvalue weighted by atomic mass is 16.5. The third-order valence-corrected chi connectivity index (χ3v) is 4.24. The smallest absolute Gasteiger partial charge is 0.342 e. The summed E-state index contributed by atoms with van der Waals surface area (Å²) >= 11 is 0. The maximum Gasteiger partial charge on any atom is 0.342 e. The van der Waals surface area contributed by atoms with E-state index in [4.69, 9.17) is 4.74 Å². The Hall–Kier alpha value is -3.35. The number of rotatable bonds is 2. The van der Waals surface area contributed by atoms with Crippen LogP contribution < -0.4 is 4.74 Å². The zero-order chi connectivity index (χ0) is 18.5. The minimum atomic E-state index is -0.876. The normalized spacial score (nSPS) is 12.4. The minimum absolute atomic E-state index is 0.000387. The highest BCUT2D eigenvalue weighted by molar-refractivity contribution is 6.31. The molecular weight excluding hydrogens is 328 g/mol. The quantitative estimate of drug-likeness (QED) is 0.685. The summed E-state index contributed by atoms with van der Waals surface area (Å²) in [5.41, 5.74) is -0.583. The van der Waals surface area contributed by atoms with Crippen molar-refractivity contribution in [1.29, 1.82) is 0 Å². The Bertz CT molecular complexity index is 957. The number of fused-ring (bicyclic) bond motifs is 2. The molecule has 3 rings (SSSR count). The minimum Gasteiger partial charge on any atom is -0.507 e. The maximum absolute atomic E-state index is 12.9. The second kappa shape index (κ2) is 5.62. The number of carbonyl (C=O) groups excluding carboxylic acids is 3. The van der Waals surface area contributed by atoms with Crippen LogP contribution in [0.1, 0.15) is 47.8 Å². The number of benzene rings is 2. The van der Waals surface area contributed by atoms with E-state index in [1.54, 1.807) is 0 Å². The molecule has 1 aliphatic carbocycles. The highest BCUT2D eigenvalue weighted by Crippen LogP contribution is 2.45. The van der Waals surface area contributed by atoms with Crippen LogP contribution in [0.5, 0.6) is 17.2 Å². The average Bonchev–Trinajstić information content (AvgIpc) is 2.58. The topological polar surface area (TPSA) is 110 Å². The molecule has 0 radical (unpaired) electrons. The van der Waals surface area contributed by atoms with Crippen LogP contribution in [0.3, 0.4) is 0 Å². The van der Waals surface area contributed by atoms with Crippen LogP contribution in [0.4, 0.5) is 0 Å². The van der Waals surface area contributed by atoms with Gasteiger partial charge in [-0.3, -0.25) is 9.59 Å². The molecule has 2 N–H and O–H groups in total. The number of aromatic hydroxyl groups is 2. The number of hydrogen-bond acceptors (Lipinski definition) is 7. The molecule has 128 valence electrons. The summed E-state index contributed by atoms with van der Waals surface area (Å²) < 4.78 is 9.75. The van der Waals surface area contributed by atoms with Crippen LogP contribution in [0.15, 0.2) is 18.2 Å². The predicted molar refractivity (Wildman–Crippen MR) is 85.7 cm³/mol. The Labute approximate surface area is 142 Å². The molecule has 0 spiro atoms. The Morgan fingerprint density at radius 1 is 1.00 bits per heavy atom. The lowest BCUT2D eigenvalue weighted by Crippen LogP contribution is -2.25. The molecule has 7 heteroatoms. The van der Waals surface area contributed by atoms with Gasteiger partial charge in [-0.1, -0.05) is 12.1 Å². The van der Waals surface area contributed by atoms with Gasteiger partial charge in [-0.15, -0.1) is 0 Å². The summed E-state index contributed by atoms with van der Waals surface area (Å²) in [5, 5.41) is 20.4. The lowest BCUT2D eigenvalue weighted by atomic mass is 9.79. The van der Waals surface area contributed by atoms with E-state index in [-0.39, 0.29) is 44.9 Å². The Kier molecular flexibility index (Phi) is 3.71. The maximum atomic E-state index is 12.9. The number of ketones is 2. The number of esters is 1. The first-order valence-corrected chi connectivity index (χ1v) is 7.28. The number of phenolic OH excluding ortho intramolecular Hbond substituents is 2. The Morgan fingerprint density at radius 2 is 1.68 bits per heavy atom. The second-order valence-electron chi connectivity index (χ2n) is 5.48. The van der Waals surface area contributed by atoms with Crippen molar-refractivity contribution in [2.45, 2.75) is 6.92 Å². The van der Waals surface area contributed by atoms with Gasteiger partial charge in [-0.05, 0) is 18.6 Å². The van der Waals surface area contributed by atoms with Crippen LogP contribution in [-0.2, 0) is 4.74 Å². The number of methoxy groups -OCH3 is 2. The van der Waals surface area contributed by atoms with Crippen molar-refractivity contribution < 1.29 is 34.1 Å². The number of phenols is 2. The third-order valence-electron chi connectivity index (χ3n) is 4.24. The SMILES string of the molecule is COC(=O)c1c(C)c2c(c(OC)c1O)C(=O)c1cccc(O)c1C2=O. The molecule has 0 aliphatic heterocycles. The second-order valence-corrected chi connectivity index (χ2v) is 5.48. The van der Waals surface area contributed by atoms with Gasteiger partial charge in [0.15, 0.2) is 23.1 Å². The summed E-state index contributed by atoms with van der Waals surface area (Å²) in [6, 6.07) is 4.13. The zero-order valence-electron chi connectivity index (χ0n) is 13.7. The van der Waals surface area contributed by atoms with E-state index in [0.717, 1.165) is 7.11 Å². The molecule has 0 heterocycles. The molecule has 25 heavy (non-hydrogen) atoms. The van der Waals surface area contributed by atoms with E-state index >= 15 is 0 Å². The van der Waals surface area contributed by atoms with Gasteiger partial charge in [0.25, 0.3) is 0 Å². The van der Waals surface area contributed by atoms with Gasteiger partial charge < -0.3 is 19.7 Å². The molecule has 0 bridgehead atoms. The van der Waals surface area contributed by atoms with Gasteiger partial charge in [0.2, 0.25) is 0 Å². The van der Waals surface area contributed by atoms with Gasteiger partial charge in [0.1, 0.15) is 11.3 Å². The molecule has 0 saturated carbocycles. The number of carbonyl (C=O) groups is 3. The van der Waals surface area contributed by atoms with Gasteiger partial charge >= 0.3 is 5.97 Å². The molecule has 1 aliphatic rings. The first-order chi connectivity index (χ1) is 11.8. The van der Waals surface area contributed by atoms with E-state index in [9.17, 15) is 24.6 Å². The molecule has 0 aromatic heterocycles. The fourth-order valence-electron chi connectivity index (χ4n) is 3.11. The largest absolute Gasteiger partial charge is 0.507 e. The zero-order valence-corrected chi connectivity index (χ0v) is 13.7. The summed E-state index contributed by atoms with van der Waals surface area (Å²) in [4.78, 5) is 37.8. The van der Waals surface area contributed by atoms with Gasteiger partial charge in [-0.2, -0.15) is 0 Å². The monoisotopic (exact) mass is 342 g/mol. The van der Waals surface area contributed by atoms with Crippen LogP contribution in [0.2, 0.25) is 0 Å². The fraction of sp³-hybridized carbons (Fsp3) is 0.167. The number of hydrogen-bond donors (Lipinski definition) is 2. The highest BCUT2D eigenvalue weighted by Gasteiger charge is 2.39. The van der Waals surface area contributed by atoms with Crippen molar-refractivity contribution >= 4 is 17.5 Å². The Balaban J connectivity index is 2.47. The van der Waals surface area contributed by atoms with Gasteiger partial charge in [-0.25, -0.2) is 4.79 Å². The van der Waals surface area contributed by atoms with E-state index < -0.39 is 23.3 Å². The first-order valence-electron chi connectivity index (χ1n) is 7.28. The fourth-order valence-corrected chi connectivity index (χ4v) is 3.11. The molecule has 0 unspecified atom stereocenters. The van der Waals surface area contributed by atoms with Crippen molar-refractivity contribution in [1.82, 2.24) is 0 Å². The molecule has 0 atom stereocenters. The van der Waals surface area contributed by atoms with E-state index in [1.807, 2.05) is 0 Å². The molecule has 0 saturated heterocycles.